The van der Waals surface area contributed by atoms with Crippen molar-refractivity contribution in [3.05, 3.63) is 22.8 Å². The van der Waals surface area contributed by atoms with Gasteiger partial charge < -0.3 is 4.74 Å². The van der Waals surface area contributed by atoms with Gasteiger partial charge in [0.05, 0.1) is 12.5 Å². The maximum atomic E-state index is 13.3. The molecule has 0 bridgehead atoms. The van der Waals surface area contributed by atoms with Crippen LogP contribution in [0.4, 0.5) is 0 Å². The molecule has 2 heteroatoms. The average Bonchev–Trinajstić information content (AvgIpc) is 3.02. The van der Waals surface area contributed by atoms with Crippen molar-refractivity contribution >= 4 is 5.97 Å². The summed E-state index contributed by atoms with van der Waals surface area (Å²) in [7, 11) is 1.60. The van der Waals surface area contributed by atoms with Gasteiger partial charge in [0, 0.05) is 0 Å². The van der Waals surface area contributed by atoms with E-state index < -0.39 is 0 Å². The third-order valence-corrected chi connectivity index (χ3v) is 11.8. The first-order valence-electron chi connectivity index (χ1n) is 12.9. The zero-order valence-electron chi connectivity index (χ0n) is 21.1. The van der Waals surface area contributed by atoms with Crippen LogP contribution in [-0.2, 0) is 9.53 Å². The largest absolute Gasteiger partial charge is 0.469 e. The third kappa shape index (κ3) is 2.60. The van der Waals surface area contributed by atoms with Gasteiger partial charge in [-0.3, -0.25) is 4.79 Å². The molecular weight excluding hydrogens is 380 g/mol. The first-order valence-corrected chi connectivity index (χ1v) is 12.9. The van der Waals surface area contributed by atoms with Crippen LogP contribution in [0.3, 0.4) is 0 Å². The minimum Gasteiger partial charge on any atom is -0.469 e. The van der Waals surface area contributed by atoms with Gasteiger partial charge in [0.1, 0.15) is 0 Å². The number of carbonyl (C=O) groups is 1. The van der Waals surface area contributed by atoms with Crippen LogP contribution in [0, 0.1) is 38.9 Å². The van der Waals surface area contributed by atoms with Gasteiger partial charge in [0.15, 0.2) is 0 Å². The van der Waals surface area contributed by atoms with Crippen molar-refractivity contribution in [3.63, 3.8) is 0 Å². The second-order valence-corrected chi connectivity index (χ2v) is 13.4. The fraction of sp³-hybridized carbons (Fsp3) is 0.828. The molecule has 31 heavy (non-hydrogen) atoms. The van der Waals surface area contributed by atoms with Gasteiger partial charge in [-0.2, -0.15) is 0 Å². The zero-order valence-corrected chi connectivity index (χ0v) is 21.1. The molecule has 3 saturated carbocycles. The monoisotopic (exact) mass is 424 g/mol. The molecule has 5 aliphatic carbocycles. The van der Waals surface area contributed by atoms with Gasteiger partial charge in [-0.05, 0) is 105 Å². The molecule has 2 nitrogen and oxygen atoms in total. The van der Waals surface area contributed by atoms with Crippen molar-refractivity contribution in [2.45, 2.75) is 106 Å². The molecule has 0 heterocycles. The van der Waals surface area contributed by atoms with Gasteiger partial charge in [-0.1, -0.05) is 57.4 Å². The molecule has 5 aliphatic rings. The molecule has 3 fully saturated rings. The summed E-state index contributed by atoms with van der Waals surface area (Å²) in [4.78, 5) is 13.3. The lowest BCUT2D eigenvalue weighted by atomic mass is 9.36. The molecule has 0 unspecified atom stereocenters. The number of allylic oxidation sites excluding steroid dienone is 4. The number of ether oxygens (including phenoxy) is 1. The van der Waals surface area contributed by atoms with Crippen molar-refractivity contribution in [2.75, 3.05) is 7.11 Å². The number of rotatable bonds is 1. The quantitative estimate of drug-likeness (QED) is 0.319. The van der Waals surface area contributed by atoms with E-state index in [1.165, 1.54) is 32.1 Å². The summed E-state index contributed by atoms with van der Waals surface area (Å²) in [6, 6.07) is 0. The second kappa shape index (κ2) is 6.51. The van der Waals surface area contributed by atoms with Crippen LogP contribution in [0.1, 0.15) is 106 Å². The third-order valence-electron chi connectivity index (χ3n) is 11.8. The number of fused-ring (bicyclic) bond motifs is 7. The summed E-state index contributed by atoms with van der Waals surface area (Å²) in [5.74, 6) is 1.16. The van der Waals surface area contributed by atoms with Crippen LogP contribution >= 0.6 is 0 Å². The number of methoxy groups -OCH3 is 1. The molecular formula is C29H44O2. The summed E-state index contributed by atoms with van der Waals surface area (Å²) in [6.45, 7) is 15.0. The lowest BCUT2D eigenvalue weighted by Crippen LogP contribution is -2.61. The van der Waals surface area contributed by atoms with Crippen LogP contribution in [0.2, 0.25) is 0 Å². The van der Waals surface area contributed by atoms with Gasteiger partial charge in [0.25, 0.3) is 0 Å². The molecule has 0 aromatic rings. The Labute approximate surface area is 190 Å². The van der Waals surface area contributed by atoms with Crippen molar-refractivity contribution < 1.29 is 9.53 Å². The standard InChI is InChI=1S/C29H44O2/c1-19-10-12-26(4)20(19)11-13-28(6)23(26)9-8-21-22-18-25(2,3)14-16-29(22,24(30)31-7)17-15-27(21,28)5/h8,22-23H,9-18H2,1-7H3/t22-,23+,26-,27+,28+,29-/m0/s1. The van der Waals surface area contributed by atoms with Crippen molar-refractivity contribution in [2.24, 2.45) is 38.9 Å². The molecule has 0 spiro atoms. The first-order chi connectivity index (χ1) is 14.4. The van der Waals surface area contributed by atoms with E-state index in [0.717, 1.165) is 38.0 Å². The van der Waals surface area contributed by atoms with Crippen LogP contribution in [0.25, 0.3) is 0 Å². The van der Waals surface area contributed by atoms with E-state index in [9.17, 15) is 4.79 Å². The Morgan fingerprint density at radius 1 is 0.968 bits per heavy atom. The molecule has 0 amide bonds. The Bertz CT molecular complexity index is 877. The van der Waals surface area contributed by atoms with Crippen molar-refractivity contribution in [1.82, 2.24) is 0 Å². The van der Waals surface area contributed by atoms with Gasteiger partial charge in [0.2, 0.25) is 0 Å². The highest BCUT2D eigenvalue weighted by atomic mass is 16.5. The molecule has 0 radical (unpaired) electrons. The molecule has 6 atom stereocenters. The molecule has 0 aromatic heterocycles. The number of hydrogen-bond donors (Lipinski definition) is 0. The summed E-state index contributed by atoms with van der Waals surface area (Å²) < 4.78 is 5.47. The minimum absolute atomic E-state index is 0.0652. The summed E-state index contributed by atoms with van der Waals surface area (Å²) >= 11 is 0. The SMILES string of the molecule is COC(=O)[C@]12CCC(C)(C)C[C@H]1C1=CC[C@@H]3[C@@]4(C)CCC(C)=C4CC[C@@]3(C)[C@]1(C)CC2. The first kappa shape index (κ1) is 21.8. The topological polar surface area (TPSA) is 26.3 Å². The molecule has 0 N–H and O–H groups in total. The second-order valence-electron chi connectivity index (χ2n) is 13.4. The van der Waals surface area contributed by atoms with Gasteiger partial charge in [-0.25, -0.2) is 0 Å². The van der Waals surface area contributed by atoms with Crippen LogP contribution in [0.15, 0.2) is 22.8 Å². The number of carbonyl (C=O) groups excluding carboxylic acids is 1. The Morgan fingerprint density at radius 2 is 1.68 bits per heavy atom. The van der Waals surface area contributed by atoms with E-state index in [2.05, 4.69) is 47.6 Å². The number of esters is 1. The Morgan fingerprint density at radius 3 is 2.39 bits per heavy atom. The lowest BCUT2D eigenvalue weighted by Gasteiger charge is -2.67. The highest BCUT2D eigenvalue weighted by molar-refractivity contribution is 5.78. The fourth-order valence-electron chi connectivity index (χ4n) is 9.63. The fourth-order valence-corrected chi connectivity index (χ4v) is 9.63. The molecule has 0 aliphatic heterocycles. The highest BCUT2D eigenvalue weighted by Crippen LogP contribution is 2.74. The zero-order chi connectivity index (χ0) is 22.4. The predicted octanol–water partition coefficient (Wildman–Crippen LogP) is 7.64. The maximum Gasteiger partial charge on any atom is 0.312 e. The van der Waals surface area contributed by atoms with E-state index in [1.807, 2.05) is 0 Å². The average molecular weight is 425 g/mol. The molecule has 5 rings (SSSR count). The van der Waals surface area contributed by atoms with E-state index in [1.54, 1.807) is 23.8 Å². The summed E-state index contributed by atoms with van der Waals surface area (Å²) in [5, 5.41) is 0. The van der Waals surface area contributed by atoms with Crippen molar-refractivity contribution in [1.29, 1.82) is 0 Å². The predicted molar refractivity (Wildman–Crippen MR) is 126 cm³/mol. The van der Waals surface area contributed by atoms with Crippen molar-refractivity contribution in [3.8, 4) is 0 Å². The van der Waals surface area contributed by atoms with E-state index in [0.29, 0.717) is 22.2 Å². The Kier molecular flexibility index (Phi) is 4.57. The molecule has 0 saturated heterocycles. The Hall–Kier alpha value is -1.05. The van der Waals surface area contributed by atoms with Gasteiger partial charge >= 0.3 is 5.97 Å². The smallest absolute Gasteiger partial charge is 0.312 e. The molecule has 172 valence electrons. The maximum absolute atomic E-state index is 13.3. The molecule has 0 aromatic carbocycles. The minimum atomic E-state index is -0.285. The van der Waals surface area contributed by atoms with Crippen LogP contribution in [-0.4, -0.2) is 13.1 Å². The van der Waals surface area contributed by atoms with E-state index >= 15 is 0 Å². The summed E-state index contributed by atoms with van der Waals surface area (Å²) in [5.41, 5.74) is 6.05. The highest BCUT2D eigenvalue weighted by Gasteiger charge is 2.67. The Balaban J connectivity index is 1.62. The number of hydrogen-bond acceptors (Lipinski definition) is 2. The van der Waals surface area contributed by atoms with E-state index in [-0.39, 0.29) is 16.8 Å². The summed E-state index contributed by atoms with van der Waals surface area (Å²) in [6.07, 6.45) is 14.5. The normalized spacial score (nSPS) is 48.2. The van der Waals surface area contributed by atoms with Crippen LogP contribution < -0.4 is 0 Å². The van der Waals surface area contributed by atoms with Gasteiger partial charge in [-0.15, -0.1) is 0 Å². The lowest BCUT2D eigenvalue weighted by molar-refractivity contribution is -0.170. The van der Waals surface area contributed by atoms with E-state index in [4.69, 9.17) is 4.74 Å². The van der Waals surface area contributed by atoms with Crippen LogP contribution in [0.5, 0.6) is 0 Å².